The fraction of sp³-hybridized carbons (Fsp3) is 0.269. The lowest BCUT2D eigenvalue weighted by Crippen LogP contribution is -2.38. The first-order valence-electron chi connectivity index (χ1n) is 10.3. The number of carboxylic acids is 1. The minimum atomic E-state index is -0.914. The molecule has 3 aromatic rings. The van der Waals surface area contributed by atoms with E-state index in [4.69, 9.17) is 9.47 Å². The molecule has 1 N–H and O–H groups in total. The molecule has 0 radical (unpaired) electrons. The van der Waals surface area contributed by atoms with Crippen molar-refractivity contribution in [3.63, 3.8) is 0 Å². The summed E-state index contributed by atoms with van der Waals surface area (Å²) in [5, 5.41) is 9.24. The Hall–Kier alpha value is -3.27. The summed E-state index contributed by atoms with van der Waals surface area (Å²) in [6.07, 6.45) is 2.68. The van der Waals surface area contributed by atoms with Crippen molar-refractivity contribution in [2.75, 3.05) is 6.61 Å². The number of carbonyl (C=O) groups is 1. The van der Waals surface area contributed by atoms with E-state index < -0.39 is 5.97 Å². The van der Waals surface area contributed by atoms with Crippen LogP contribution >= 0.6 is 0 Å². The Morgan fingerprint density at radius 2 is 1.83 bits per heavy atom. The fourth-order valence-corrected chi connectivity index (χ4v) is 4.03. The number of fused-ring (bicyclic) bond motifs is 1. The van der Waals surface area contributed by atoms with Crippen LogP contribution in [0.4, 0.5) is 0 Å². The lowest BCUT2D eigenvalue weighted by Gasteiger charge is -2.36. The van der Waals surface area contributed by atoms with Crippen molar-refractivity contribution in [3.05, 3.63) is 83.4 Å². The van der Waals surface area contributed by atoms with Gasteiger partial charge in [0.05, 0.1) is 12.2 Å². The highest BCUT2D eigenvalue weighted by molar-refractivity contribution is 5.89. The standard InChI is InChI=1S/C26H26O4/c1-3-29-23-10-7-18(8-11-23)17-26(2)14-13-21-15-20(9-12-24(21)30-26)19-5-4-6-22(16-19)25(27)28/h4-12,15-16H,3,13-14,17H2,1-2H3,(H,27,28). The largest absolute Gasteiger partial charge is 0.494 e. The second-order valence-corrected chi connectivity index (χ2v) is 8.01. The molecule has 0 spiro atoms. The summed E-state index contributed by atoms with van der Waals surface area (Å²) in [6, 6.07) is 21.4. The van der Waals surface area contributed by atoms with Gasteiger partial charge < -0.3 is 14.6 Å². The minimum Gasteiger partial charge on any atom is -0.494 e. The van der Waals surface area contributed by atoms with Crippen LogP contribution in [0.25, 0.3) is 11.1 Å². The zero-order valence-electron chi connectivity index (χ0n) is 17.4. The summed E-state index contributed by atoms with van der Waals surface area (Å²) in [7, 11) is 0. The molecule has 4 rings (SSSR count). The van der Waals surface area contributed by atoms with Gasteiger partial charge in [0.1, 0.15) is 17.1 Å². The van der Waals surface area contributed by atoms with Gasteiger partial charge in [0.2, 0.25) is 0 Å². The molecule has 0 amide bonds. The second kappa shape index (κ2) is 8.23. The first kappa shape index (κ1) is 20.0. The molecule has 30 heavy (non-hydrogen) atoms. The third kappa shape index (κ3) is 4.33. The number of benzene rings is 3. The number of ether oxygens (including phenoxy) is 2. The molecular formula is C26H26O4. The Labute approximate surface area is 177 Å². The van der Waals surface area contributed by atoms with E-state index >= 15 is 0 Å². The van der Waals surface area contributed by atoms with E-state index in [9.17, 15) is 9.90 Å². The highest BCUT2D eigenvalue weighted by Gasteiger charge is 2.32. The van der Waals surface area contributed by atoms with Gasteiger partial charge in [-0.15, -0.1) is 0 Å². The minimum absolute atomic E-state index is 0.259. The van der Waals surface area contributed by atoms with Crippen molar-refractivity contribution < 1.29 is 19.4 Å². The van der Waals surface area contributed by atoms with Crippen molar-refractivity contribution in [3.8, 4) is 22.6 Å². The van der Waals surface area contributed by atoms with Crippen molar-refractivity contribution in [1.29, 1.82) is 0 Å². The number of rotatable bonds is 6. The Kier molecular flexibility index (Phi) is 5.49. The highest BCUT2D eigenvalue weighted by atomic mass is 16.5. The highest BCUT2D eigenvalue weighted by Crippen LogP contribution is 2.37. The van der Waals surface area contributed by atoms with Crippen LogP contribution in [-0.4, -0.2) is 23.3 Å². The average molecular weight is 402 g/mol. The second-order valence-electron chi connectivity index (χ2n) is 8.01. The molecule has 0 saturated carbocycles. The van der Waals surface area contributed by atoms with E-state index in [0.717, 1.165) is 47.5 Å². The van der Waals surface area contributed by atoms with E-state index in [0.29, 0.717) is 12.2 Å². The number of hydrogen-bond acceptors (Lipinski definition) is 3. The molecule has 0 bridgehead atoms. The lowest BCUT2D eigenvalue weighted by molar-refractivity contribution is 0.0653. The topological polar surface area (TPSA) is 55.8 Å². The van der Waals surface area contributed by atoms with Crippen LogP contribution in [0, 0.1) is 0 Å². The summed E-state index contributed by atoms with van der Waals surface area (Å²) in [6.45, 7) is 4.81. The third-order valence-corrected chi connectivity index (χ3v) is 5.60. The normalized spacial score (nSPS) is 17.7. The molecule has 0 saturated heterocycles. The predicted octanol–water partition coefficient (Wildman–Crippen LogP) is 5.78. The molecule has 4 heteroatoms. The van der Waals surface area contributed by atoms with Crippen molar-refractivity contribution in [2.24, 2.45) is 0 Å². The maximum Gasteiger partial charge on any atom is 0.335 e. The molecular weight excluding hydrogens is 376 g/mol. The number of hydrogen-bond donors (Lipinski definition) is 1. The van der Waals surface area contributed by atoms with E-state index in [-0.39, 0.29) is 5.60 Å². The molecule has 0 fully saturated rings. The fourth-order valence-electron chi connectivity index (χ4n) is 4.03. The van der Waals surface area contributed by atoms with E-state index in [1.54, 1.807) is 18.2 Å². The Balaban J connectivity index is 1.51. The van der Waals surface area contributed by atoms with Gasteiger partial charge in [-0.05, 0) is 85.3 Å². The first-order chi connectivity index (χ1) is 14.5. The summed E-state index contributed by atoms with van der Waals surface area (Å²) >= 11 is 0. The monoisotopic (exact) mass is 402 g/mol. The van der Waals surface area contributed by atoms with Gasteiger partial charge in [-0.1, -0.05) is 30.3 Å². The van der Waals surface area contributed by atoms with Gasteiger partial charge in [-0.2, -0.15) is 0 Å². The van der Waals surface area contributed by atoms with Gasteiger partial charge in [0.15, 0.2) is 0 Å². The van der Waals surface area contributed by atoms with E-state index in [1.807, 2.05) is 37.3 Å². The van der Waals surface area contributed by atoms with Crippen LogP contribution in [0.15, 0.2) is 66.7 Å². The van der Waals surface area contributed by atoms with Crippen LogP contribution in [0.5, 0.6) is 11.5 Å². The van der Waals surface area contributed by atoms with Crippen LogP contribution in [0.3, 0.4) is 0 Å². The number of carboxylic acid groups (broad SMARTS) is 1. The van der Waals surface area contributed by atoms with E-state index in [2.05, 4.69) is 25.1 Å². The van der Waals surface area contributed by atoms with Crippen molar-refractivity contribution in [2.45, 2.75) is 38.7 Å². The van der Waals surface area contributed by atoms with Crippen LogP contribution in [-0.2, 0) is 12.8 Å². The van der Waals surface area contributed by atoms with Gasteiger partial charge >= 0.3 is 5.97 Å². The SMILES string of the molecule is CCOc1ccc(CC2(C)CCc3cc(-c4cccc(C(=O)O)c4)ccc3O2)cc1. The molecule has 1 aliphatic rings. The Morgan fingerprint density at radius 3 is 2.57 bits per heavy atom. The smallest absolute Gasteiger partial charge is 0.335 e. The Bertz CT molecular complexity index is 1050. The zero-order valence-corrected chi connectivity index (χ0v) is 17.4. The summed E-state index contributed by atoms with van der Waals surface area (Å²) in [5.41, 5.74) is 4.34. The number of aryl methyl sites for hydroxylation is 1. The summed E-state index contributed by atoms with van der Waals surface area (Å²) in [4.78, 5) is 11.3. The van der Waals surface area contributed by atoms with Crippen LogP contribution < -0.4 is 9.47 Å². The molecule has 1 heterocycles. The Morgan fingerprint density at radius 1 is 1.07 bits per heavy atom. The first-order valence-corrected chi connectivity index (χ1v) is 10.3. The third-order valence-electron chi connectivity index (χ3n) is 5.60. The molecule has 0 aliphatic carbocycles. The molecule has 1 atom stereocenters. The van der Waals surface area contributed by atoms with Gasteiger partial charge in [0, 0.05) is 6.42 Å². The number of aromatic carboxylic acids is 1. The maximum atomic E-state index is 11.3. The molecule has 4 nitrogen and oxygen atoms in total. The maximum absolute atomic E-state index is 11.3. The summed E-state index contributed by atoms with van der Waals surface area (Å²) < 4.78 is 12.0. The van der Waals surface area contributed by atoms with E-state index in [1.165, 1.54) is 5.56 Å². The predicted molar refractivity (Wildman–Crippen MR) is 118 cm³/mol. The zero-order chi connectivity index (χ0) is 21.1. The lowest BCUT2D eigenvalue weighted by atomic mass is 9.86. The van der Waals surface area contributed by atoms with Crippen LogP contribution in [0.2, 0.25) is 0 Å². The average Bonchev–Trinajstić information content (AvgIpc) is 2.75. The van der Waals surface area contributed by atoms with Gasteiger partial charge in [-0.25, -0.2) is 4.79 Å². The molecule has 154 valence electrons. The van der Waals surface area contributed by atoms with Crippen molar-refractivity contribution in [1.82, 2.24) is 0 Å². The van der Waals surface area contributed by atoms with Gasteiger partial charge in [-0.3, -0.25) is 0 Å². The van der Waals surface area contributed by atoms with Crippen molar-refractivity contribution >= 4 is 5.97 Å². The van der Waals surface area contributed by atoms with Crippen LogP contribution in [0.1, 0.15) is 41.8 Å². The molecule has 3 aromatic carbocycles. The molecule has 1 aliphatic heterocycles. The molecule has 0 aromatic heterocycles. The molecule has 1 unspecified atom stereocenters. The summed E-state index contributed by atoms with van der Waals surface area (Å²) in [5.74, 6) is 0.886. The van der Waals surface area contributed by atoms with Gasteiger partial charge in [0.25, 0.3) is 0 Å². The quantitative estimate of drug-likeness (QED) is 0.568.